The fraction of sp³-hybridized carbons (Fsp3) is 0.550. The molecule has 1 fully saturated rings. The zero-order valence-electron chi connectivity index (χ0n) is 16.3. The lowest BCUT2D eigenvalue weighted by molar-refractivity contribution is 0.196. The van der Waals surface area contributed by atoms with E-state index in [-0.39, 0.29) is 0 Å². The molecule has 3 heterocycles. The predicted octanol–water partition coefficient (Wildman–Crippen LogP) is 2.61. The average Bonchev–Trinajstić information content (AvgIpc) is 3.09. The third kappa shape index (κ3) is 6.59. The van der Waals surface area contributed by atoms with E-state index in [1.165, 1.54) is 4.88 Å². The van der Waals surface area contributed by atoms with Crippen LogP contribution in [0.15, 0.2) is 35.6 Å². The Bertz CT molecular complexity index is 706. The van der Waals surface area contributed by atoms with Crippen molar-refractivity contribution < 1.29 is 0 Å². The molecular formula is C20H30N6S. The molecule has 0 saturated carbocycles. The maximum Gasteiger partial charge on any atom is 0.191 e. The van der Waals surface area contributed by atoms with Crippen molar-refractivity contribution >= 4 is 17.3 Å². The minimum absolute atomic E-state index is 0.477. The van der Waals surface area contributed by atoms with E-state index in [0.717, 1.165) is 68.6 Å². The Morgan fingerprint density at radius 2 is 2.15 bits per heavy atom. The Labute approximate surface area is 166 Å². The number of aromatic nitrogens is 2. The summed E-state index contributed by atoms with van der Waals surface area (Å²) in [5, 5.41) is 8.15. The molecule has 7 heteroatoms. The van der Waals surface area contributed by atoms with Gasteiger partial charge in [-0.25, -0.2) is 4.98 Å². The molecule has 0 aromatic carbocycles. The van der Waals surface area contributed by atoms with Gasteiger partial charge in [0.25, 0.3) is 0 Å². The van der Waals surface area contributed by atoms with E-state index in [0.29, 0.717) is 6.04 Å². The quantitative estimate of drug-likeness (QED) is 0.566. The summed E-state index contributed by atoms with van der Waals surface area (Å²) in [4.78, 5) is 17.3. The lowest BCUT2D eigenvalue weighted by atomic mass is 10.0. The number of guanidine groups is 1. The van der Waals surface area contributed by atoms with Gasteiger partial charge in [-0.1, -0.05) is 6.07 Å². The van der Waals surface area contributed by atoms with E-state index >= 15 is 0 Å². The lowest BCUT2D eigenvalue weighted by Crippen LogP contribution is -2.48. The molecule has 0 spiro atoms. The molecule has 0 amide bonds. The number of nitrogens with zero attached hydrogens (tertiary/aromatic N) is 4. The molecule has 6 nitrogen and oxygen atoms in total. The normalized spacial score (nSPS) is 16.4. The second-order valence-corrected chi connectivity index (χ2v) is 8.21. The van der Waals surface area contributed by atoms with Crippen LogP contribution in [0.1, 0.15) is 35.3 Å². The Hall–Kier alpha value is -1.99. The first-order chi connectivity index (χ1) is 13.2. The Morgan fingerprint density at radius 1 is 1.30 bits per heavy atom. The van der Waals surface area contributed by atoms with E-state index in [9.17, 15) is 0 Å². The monoisotopic (exact) mass is 386 g/mol. The molecule has 0 bridgehead atoms. The summed E-state index contributed by atoms with van der Waals surface area (Å²) in [5.41, 5.74) is 1.15. The third-order valence-electron chi connectivity index (χ3n) is 4.65. The molecule has 0 aliphatic carbocycles. The van der Waals surface area contributed by atoms with Gasteiger partial charge in [0, 0.05) is 62.5 Å². The molecule has 146 valence electrons. The fourth-order valence-electron chi connectivity index (χ4n) is 3.25. The van der Waals surface area contributed by atoms with Crippen LogP contribution >= 0.6 is 11.3 Å². The summed E-state index contributed by atoms with van der Waals surface area (Å²) < 4.78 is 0. The highest BCUT2D eigenvalue weighted by Gasteiger charge is 2.20. The van der Waals surface area contributed by atoms with Gasteiger partial charge < -0.3 is 10.6 Å². The molecule has 3 rings (SSSR count). The van der Waals surface area contributed by atoms with E-state index < -0.39 is 0 Å². The van der Waals surface area contributed by atoms with Crippen LogP contribution < -0.4 is 10.6 Å². The minimum Gasteiger partial charge on any atom is -0.357 e. The second-order valence-electron chi connectivity index (χ2n) is 6.89. The first kappa shape index (κ1) is 19.8. The van der Waals surface area contributed by atoms with Crippen LogP contribution in [0.25, 0.3) is 0 Å². The molecule has 2 aromatic rings. The van der Waals surface area contributed by atoms with Crippen LogP contribution in [0.4, 0.5) is 0 Å². The first-order valence-electron chi connectivity index (χ1n) is 9.81. The van der Waals surface area contributed by atoms with E-state index in [1.54, 1.807) is 11.3 Å². The second kappa shape index (κ2) is 10.4. The van der Waals surface area contributed by atoms with Crippen molar-refractivity contribution in [2.45, 2.75) is 45.7 Å². The van der Waals surface area contributed by atoms with Gasteiger partial charge in [0.05, 0.1) is 10.7 Å². The number of aliphatic imine (C=N–C) groups is 1. The molecular weight excluding hydrogens is 356 g/mol. The van der Waals surface area contributed by atoms with Crippen LogP contribution in [0.5, 0.6) is 0 Å². The summed E-state index contributed by atoms with van der Waals surface area (Å²) in [6.07, 6.45) is 6.96. The summed E-state index contributed by atoms with van der Waals surface area (Å²) in [6.45, 7) is 8.96. The van der Waals surface area contributed by atoms with Crippen LogP contribution in [0, 0.1) is 6.92 Å². The molecule has 1 aliphatic rings. The Kier molecular flexibility index (Phi) is 7.59. The molecule has 2 aromatic heterocycles. The highest BCUT2D eigenvalue weighted by atomic mass is 32.1. The van der Waals surface area contributed by atoms with Gasteiger partial charge in [-0.3, -0.25) is 14.9 Å². The largest absolute Gasteiger partial charge is 0.357 e. The standard InChI is InChI=1S/C20H30N6S/c1-3-21-20(23-11-7-19-24-14-16(2)27-19)25-17-8-12-26(13-9-17)15-18-6-4-5-10-22-18/h4-6,10,14,17H,3,7-9,11-13,15H2,1-2H3,(H2,21,23,25). The summed E-state index contributed by atoms with van der Waals surface area (Å²) in [7, 11) is 0. The number of thiazole rings is 1. The maximum atomic E-state index is 4.74. The van der Waals surface area contributed by atoms with Crippen LogP contribution in [-0.2, 0) is 13.0 Å². The Balaban J connectivity index is 1.43. The summed E-state index contributed by atoms with van der Waals surface area (Å²) in [6, 6.07) is 6.61. The lowest BCUT2D eigenvalue weighted by Gasteiger charge is -2.32. The zero-order chi connectivity index (χ0) is 18.9. The van der Waals surface area contributed by atoms with Crippen molar-refractivity contribution in [3.63, 3.8) is 0 Å². The predicted molar refractivity (Wildman–Crippen MR) is 112 cm³/mol. The van der Waals surface area contributed by atoms with Crippen LogP contribution in [0.3, 0.4) is 0 Å². The molecule has 2 N–H and O–H groups in total. The first-order valence-corrected chi connectivity index (χ1v) is 10.6. The minimum atomic E-state index is 0.477. The highest BCUT2D eigenvalue weighted by Crippen LogP contribution is 2.13. The number of pyridine rings is 1. The van der Waals surface area contributed by atoms with Gasteiger partial charge in [-0.2, -0.15) is 0 Å². The fourth-order valence-corrected chi connectivity index (χ4v) is 4.03. The Morgan fingerprint density at radius 3 is 2.81 bits per heavy atom. The molecule has 0 unspecified atom stereocenters. The molecule has 1 aliphatic heterocycles. The van der Waals surface area contributed by atoms with Gasteiger partial charge in [-0.05, 0) is 38.8 Å². The van der Waals surface area contributed by atoms with Gasteiger partial charge in [0.1, 0.15) is 0 Å². The molecule has 1 saturated heterocycles. The van der Waals surface area contributed by atoms with Crippen molar-refractivity contribution in [1.82, 2.24) is 25.5 Å². The number of likely N-dealkylation sites (tertiary alicyclic amines) is 1. The number of piperidine rings is 1. The van der Waals surface area contributed by atoms with Crippen molar-refractivity contribution in [3.8, 4) is 0 Å². The van der Waals surface area contributed by atoms with Gasteiger partial charge >= 0.3 is 0 Å². The van der Waals surface area contributed by atoms with Crippen molar-refractivity contribution in [3.05, 3.63) is 46.2 Å². The van der Waals surface area contributed by atoms with Gasteiger partial charge in [0.15, 0.2) is 5.96 Å². The smallest absolute Gasteiger partial charge is 0.191 e. The third-order valence-corrected chi connectivity index (χ3v) is 5.62. The van der Waals surface area contributed by atoms with E-state index in [1.807, 2.05) is 18.5 Å². The summed E-state index contributed by atoms with van der Waals surface area (Å²) >= 11 is 1.76. The number of rotatable bonds is 7. The van der Waals surface area contributed by atoms with E-state index in [4.69, 9.17) is 4.99 Å². The zero-order valence-corrected chi connectivity index (χ0v) is 17.1. The SMILES string of the molecule is CCNC(=NCCc1ncc(C)s1)NC1CCN(Cc2ccccn2)CC1. The molecule has 27 heavy (non-hydrogen) atoms. The van der Waals surface area contributed by atoms with Crippen LogP contribution in [-0.4, -0.2) is 53.0 Å². The highest BCUT2D eigenvalue weighted by molar-refractivity contribution is 7.11. The molecule has 0 atom stereocenters. The number of nitrogens with one attached hydrogen (secondary N) is 2. The van der Waals surface area contributed by atoms with Gasteiger partial charge in [0.2, 0.25) is 0 Å². The molecule has 0 radical (unpaired) electrons. The number of hydrogen-bond acceptors (Lipinski definition) is 5. The van der Waals surface area contributed by atoms with Crippen molar-refractivity contribution in [2.75, 3.05) is 26.2 Å². The summed E-state index contributed by atoms with van der Waals surface area (Å²) in [5.74, 6) is 0.925. The maximum absolute atomic E-state index is 4.74. The van der Waals surface area contributed by atoms with Crippen molar-refractivity contribution in [1.29, 1.82) is 0 Å². The van der Waals surface area contributed by atoms with E-state index in [2.05, 4.69) is 51.5 Å². The average molecular weight is 387 g/mol. The topological polar surface area (TPSA) is 65.4 Å². The van der Waals surface area contributed by atoms with Crippen molar-refractivity contribution in [2.24, 2.45) is 4.99 Å². The number of aryl methyl sites for hydroxylation is 1. The van der Waals surface area contributed by atoms with Gasteiger partial charge in [-0.15, -0.1) is 11.3 Å². The number of hydrogen-bond donors (Lipinski definition) is 2. The van der Waals surface area contributed by atoms with Crippen LogP contribution in [0.2, 0.25) is 0 Å².